The molecule has 0 aliphatic heterocycles. The van der Waals surface area contributed by atoms with E-state index < -0.39 is 34.1 Å². The Kier molecular flexibility index (Phi) is 4.34. The fraction of sp³-hybridized carbons (Fsp3) is 0.182. The maximum absolute atomic E-state index is 12.9. The smallest absolute Gasteiger partial charge is 0.420 e. The zero-order valence-electron chi connectivity index (χ0n) is 9.02. The van der Waals surface area contributed by atoms with E-state index in [9.17, 15) is 22.4 Å². The molecule has 0 spiro atoms. The molecule has 18 heavy (non-hydrogen) atoms. The molecule has 0 fully saturated rings. The van der Waals surface area contributed by atoms with Crippen LogP contribution in [0.1, 0.15) is 15.9 Å². The summed E-state index contributed by atoms with van der Waals surface area (Å²) in [5.41, 5.74) is -2.78. The summed E-state index contributed by atoms with van der Waals surface area (Å²) in [6.07, 6.45) is -5.02. The Morgan fingerprint density at radius 2 is 1.72 bits per heavy atom. The number of ether oxygens (including phenoxy) is 1. The topological polar surface area (TPSA) is 26.3 Å². The molecule has 0 atom stereocenters. The Morgan fingerprint density at radius 1 is 1.22 bits per heavy atom. The fourth-order valence-electron chi connectivity index (χ4n) is 1.35. The van der Waals surface area contributed by atoms with E-state index in [0.717, 1.165) is 19.2 Å². The highest BCUT2D eigenvalue weighted by atomic mass is 35.5. The van der Waals surface area contributed by atoms with E-state index in [0.29, 0.717) is 0 Å². The van der Waals surface area contributed by atoms with Crippen LogP contribution in [0.3, 0.4) is 0 Å². The van der Waals surface area contributed by atoms with Crippen LogP contribution in [0.5, 0.6) is 0 Å². The largest absolute Gasteiger partial charge is 0.465 e. The minimum atomic E-state index is -5.02. The van der Waals surface area contributed by atoms with Crippen molar-refractivity contribution in [2.45, 2.75) is 6.18 Å². The SMILES string of the molecule is COC(=O)c1ccccc1/C(=C(/F)Cl)C(F)(F)F. The summed E-state index contributed by atoms with van der Waals surface area (Å²) in [4.78, 5) is 11.3. The quantitative estimate of drug-likeness (QED) is 0.607. The molecule has 0 amide bonds. The molecule has 1 aromatic rings. The highest BCUT2D eigenvalue weighted by Gasteiger charge is 2.39. The maximum Gasteiger partial charge on any atom is 0.420 e. The third-order valence-corrected chi connectivity index (χ3v) is 2.26. The first-order valence-electron chi connectivity index (χ1n) is 4.59. The fourth-order valence-corrected chi connectivity index (χ4v) is 1.56. The Morgan fingerprint density at radius 3 is 2.11 bits per heavy atom. The van der Waals surface area contributed by atoms with Gasteiger partial charge in [-0.2, -0.15) is 17.6 Å². The monoisotopic (exact) mass is 282 g/mol. The van der Waals surface area contributed by atoms with Gasteiger partial charge >= 0.3 is 12.1 Å². The van der Waals surface area contributed by atoms with Gasteiger partial charge in [-0.3, -0.25) is 0 Å². The molecule has 0 aliphatic rings. The lowest BCUT2D eigenvalue weighted by molar-refractivity contribution is -0.0697. The van der Waals surface area contributed by atoms with Crippen LogP contribution in [0.15, 0.2) is 29.6 Å². The van der Waals surface area contributed by atoms with Crippen LogP contribution in [0.2, 0.25) is 0 Å². The van der Waals surface area contributed by atoms with Crippen LogP contribution in [0.4, 0.5) is 17.6 Å². The van der Waals surface area contributed by atoms with Gasteiger partial charge in [0.2, 0.25) is 5.29 Å². The summed E-state index contributed by atoms with van der Waals surface area (Å²) in [5, 5.41) is -1.93. The van der Waals surface area contributed by atoms with Crippen molar-refractivity contribution in [3.05, 3.63) is 40.7 Å². The molecule has 0 N–H and O–H groups in total. The summed E-state index contributed by atoms with van der Waals surface area (Å²) in [6, 6.07) is 4.59. The van der Waals surface area contributed by atoms with Crippen LogP contribution >= 0.6 is 11.6 Å². The van der Waals surface area contributed by atoms with Gasteiger partial charge in [-0.15, -0.1) is 0 Å². The summed E-state index contributed by atoms with van der Waals surface area (Å²) in [7, 11) is 1.01. The van der Waals surface area contributed by atoms with E-state index in [1.54, 1.807) is 0 Å². The Hall–Kier alpha value is -1.56. The number of benzene rings is 1. The number of allylic oxidation sites excluding steroid dienone is 1. The lowest BCUT2D eigenvalue weighted by Gasteiger charge is -2.14. The van der Waals surface area contributed by atoms with Crippen LogP contribution in [-0.2, 0) is 4.74 Å². The first-order chi connectivity index (χ1) is 8.29. The summed E-state index contributed by atoms with van der Waals surface area (Å²) in [6.45, 7) is 0. The van der Waals surface area contributed by atoms with Crippen molar-refractivity contribution in [1.82, 2.24) is 0 Å². The molecule has 0 aromatic heterocycles. The zero-order chi connectivity index (χ0) is 13.9. The number of carbonyl (C=O) groups is 1. The number of carbonyl (C=O) groups excluding carboxylic acids is 1. The van der Waals surface area contributed by atoms with Gasteiger partial charge in [-0.1, -0.05) is 29.8 Å². The molecule has 0 radical (unpaired) electrons. The predicted octanol–water partition coefficient (Wildman–Crippen LogP) is 3.91. The normalized spacial score (nSPS) is 13.0. The molecule has 0 saturated carbocycles. The molecule has 0 bridgehead atoms. The second kappa shape index (κ2) is 5.39. The Balaban J connectivity index is 3.50. The van der Waals surface area contributed by atoms with Crippen LogP contribution in [-0.4, -0.2) is 19.3 Å². The van der Waals surface area contributed by atoms with Gasteiger partial charge in [0.1, 0.15) is 5.57 Å². The minimum absolute atomic E-state index is 0.414. The summed E-state index contributed by atoms with van der Waals surface area (Å²) >= 11 is 4.82. The highest BCUT2D eigenvalue weighted by Crippen LogP contribution is 2.39. The molecular weight excluding hydrogens is 276 g/mol. The van der Waals surface area contributed by atoms with E-state index in [1.807, 2.05) is 0 Å². The van der Waals surface area contributed by atoms with Crippen molar-refractivity contribution in [2.75, 3.05) is 7.11 Å². The molecule has 0 heterocycles. The summed E-state index contributed by atoms with van der Waals surface area (Å²) in [5.74, 6) is -1.01. The third-order valence-electron chi connectivity index (χ3n) is 2.07. The average molecular weight is 283 g/mol. The molecule has 7 heteroatoms. The second-order valence-electron chi connectivity index (χ2n) is 3.17. The van der Waals surface area contributed by atoms with Crippen molar-refractivity contribution < 1.29 is 27.1 Å². The number of hydrogen-bond donors (Lipinski definition) is 0. The molecule has 1 aromatic carbocycles. The van der Waals surface area contributed by atoms with Crippen molar-refractivity contribution >= 4 is 23.1 Å². The van der Waals surface area contributed by atoms with Crippen molar-refractivity contribution in [1.29, 1.82) is 0 Å². The number of rotatable bonds is 2. The van der Waals surface area contributed by atoms with Gasteiger partial charge in [0.15, 0.2) is 0 Å². The molecule has 1 rings (SSSR count). The van der Waals surface area contributed by atoms with E-state index in [1.165, 1.54) is 12.1 Å². The standard InChI is InChI=1S/C11H7ClF4O2/c1-18-10(17)7-5-3-2-4-6(7)8(9(12)13)11(14,15)16/h2-5H,1H3/b9-8-. The Labute approximate surface area is 105 Å². The predicted molar refractivity (Wildman–Crippen MR) is 57.7 cm³/mol. The number of methoxy groups -OCH3 is 1. The molecule has 0 aliphatic carbocycles. The molecule has 0 unspecified atom stereocenters. The van der Waals surface area contributed by atoms with Crippen LogP contribution < -0.4 is 0 Å². The van der Waals surface area contributed by atoms with Gasteiger partial charge in [-0.05, 0) is 6.07 Å². The van der Waals surface area contributed by atoms with Crippen molar-refractivity contribution in [2.24, 2.45) is 0 Å². The first kappa shape index (κ1) is 14.5. The average Bonchev–Trinajstić information content (AvgIpc) is 2.26. The lowest BCUT2D eigenvalue weighted by Crippen LogP contribution is -2.15. The van der Waals surface area contributed by atoms with Crippen LogP contribution in [0.25, 0.3) is 5.57 Å². The molecule has 0 saturated heterocycles. The van der Waals surface area contributed by atoms with Crippen molar-refractivity contribution in [3.63, 3.8) is 0 Å². The van der Waals surface area contributed by atoms with Gasteiger partial charge in [0, 0.05) is 5.56 Å². The van der Waals surface area contributed by atoms with Gasteiger partial charge in [0.25, 0.3) is 0 Å². The number of hydrogen-bond acceptors (Lipinski definition) is 2. The molecule has 2 nitrogen and oxygen atoms in total. The van der Waals surface area contributed by atoms with E-state index in [-0.39, 0.29) is 0 Å². The highest BCUT2D eigenvalue weighted by molar-refractivity contribution is 6.31. The van der Waals surface area contributed by atoms with E-state index in [4.69, 9.17) is 11.6 Å². The number of halogens is 5. The summed E-state index contributed by atoms with van der Waals surface area (Å²) < 4.78 is 55.2. The van der Waals surface area contributed by atoms with Gasteiger partial charge in [0.05, 0.1) is 12.7 Å². The number of esters is 1. The first-order valence-corrected chi connectivity index (χ1v) is 4.97. The Bertz CT molecular complexity index is 490. The van der Waals surface area contributed by atoms with E-state index in [2.05, 4.69) is 4.74 Å². The lowest BCUT2D eigenvalue weighted by atomic mass is 10.0. The molecule has 98 valence electrons. The van der Waals surface area contributed by atoms with Gasteiger partial charge in [-0.25, -0.2) is 4.79 Å². The number of alkyl halides is 3. The second-order valence-corrected chi connectivity index (χ2v) is 3.50. The van der Waals surface area contributed by atoms with Crippen LogP contribution in [0, 0.1) is 0 Å². The van der Waals surface area contributed by atoms with Crippen molar-refractivity contribution in [3.8, 4) is 0 Å². The van der Waals surface area contributed by atoms with Gasteiger partial charge < -0.3 is 4.74 Å². The zero-order valence-corrected chi connectivity index (χ0v) is 9.77. The third kappa shape index (κ3) is 3.01. The minimum Gasteiger partial charge on any atom is -0.465 e. The van der Waals surface area contributed by atoms with E-state index >= 15 is 0 Å². The molecular formula is C11H7ClF4O2. The maximum atomic E-state index is 12.9.